The molecule has 1 aromatic rings. The maximum absolute atomic E-state index is 12.1. The Morgan fingerprint density at radius 3 is 3.04 bits per heavy atom. The van der Waals surface area contributed by atoms with Gasteiger partial charge in [0, 0.05) is 6.54 Å². The van der Waals surface area contributed by atoms with E-state index in [0.29, 0.717) is 24.4 Å². The highest BCUT2D eigenvalue weighted by Gasteiger charge is 2.23. The molecular weight excluding hydrogens is 304 g/mol. The summed E-state index contributed by atoms with van der Waals surface area (Å²) >= 11 is 0. The molecule has 0 bridgehead atoms. The Hall–Kier alpha value is -2.30. The van der Waals surface area contributed by atoms with Crippen molar-refractivity contribution < 1.29 is 14.3 Å². The molecule has 0 saturated heterocycles. The predicted octanol–water partition coefficient (Wildman–Crippen LogP) is 2.96. The maximum Gasteiger partial charge on any atom is 0.265 e. The Morgan fingerprint density at radius 2 is 2.25 bits per heavy atom. The van der Waals surface area contributed by atoms with Gasteiger partial charge in [0.1, 0.15) is 5.75 Å². The average Bonchev–Trinajstić information content (AvgIpc) is 2.57. The van der Waals surface area contributed by atoms with Gasteiger partial charge in [0.05, 0.1) is 12.1 Å². The van der Waals surface area contributed by atoms with Crippen molar-refractivity contribution in [3.63, 3.8) is 0 Å². The van der Waals surface area contributed by atoms with Crippen molar-refractivity contribution in [2.24, 2.45) is 0 Å². The van der Waals surface area contributed by atoms with Crippen LogP contribution in [0.2, 0.25) is 0 Å². The number of anilines is 1. The zero-order valence-corrected chi connectivity index (χ0v) is 14.1. The van der Waals surface area contributed by atoms with Gasteiger partial charge in [0.15, 0.2) is 6.10 Å². The molecule has 0 aromatic heterocycles. The smallest absolute Gasteiger partial charge is 0.265 e. The number of amides is 2. The number of hydrogen-bond donors (Lipinski definition) is 2. The van der Waals surface area contributed by atoms with Gasteiger partial charge in [-0.3, -0.25) is 9.59 Å². The SMILES string of the molecule is CC1Oc2ccc(CC(=O)NCCC3=CCCCC3)cc2NC1=O. The summed E-state index contributed by atoms with van der Waals surface area (Å²) in [4.78, 5) is 23.8. The van der Waals surface area contributed by atoms with Crippen LogP contribution in [0.3, 0.4) is 0 Å². The highest BCUT2D eigenvalue weighted by Crippen LogP contribution is 2.30. The molecule has 0 spiro atoms. The molecule has 1 unspecified atom stereocenters. The molecule has 128 valence electrons. The van der Waals surface area contributed by atoms with Gasteiger partial charge in [-0.2, -0.15) is 0 Å². The molecule has 2 N–H and O–H groups in total. The highest BCUT2D eigenvalue weighted by atomic mass is 16.5. The van der Waals surface area contributed by atoms with E-state index in [1.807, 2.05) is 12.1 Å². The summed E-state index contributed by atoms with van der Waals surface area (Å²) in [5.41, 5.74) is 2.96. The molecule has 1 atom stereocenters. The molecule has 24 heavy (non-hydrogen) atoms. The molecule has 3 rings (SSSR count). The Labute approximate surface area is 142 Å². The third-order valence-electron chi connectivity index (χ3n) is 4.49. The van der Waals surface area contributed by atoms with Crippen LogP contribution in [0.4, 0.5) is 5.69 Å². The molecule has 1 heterocycles. The second-order valence-electron chi connectivity index (χ2n) is 6.46. The molecule has 0 radical (unpaired) electrons. The van der Waals surface area contributed by atoms with Crippen LogP contribution < -0.4 is 15.4 Å². The molecule has 2 aliphatic rings. The van der Waals surface area contributed by atoms with Crippen LogP contribution in [0.1, 0.15) is 44.6 Å². The van der Waals surface area contributed by atoms with Crippen LogP contribution in [-0.4, -0.2) is 24.5 Å². The van der Waals surface area contributed by atoms with Gasteiger partial charge in [-0.1, -0.05) is 17.7 Å². The lowest BCUT2D eigenvalue weighted by atomic mass is 9.97. The van der Waals surface area contributed by atoms with E-state index in [4.69, 9.17) is 4.74 Å². The van der Waals surface area contributed by atoms with Crippen LogP contribution in [0.15, 0.2) is 29.8 Å². The normalized spacial score (nSPS) is 19.6. The van der Waals surface area contributed by atoms with Crippen molar-refractivity contribution in [2.45, 2.75) is 51.6 Å². The van der Waals surface area contributed by atoms with E-state index >= 15 is 0 Å². The molecule has 1 aliphatic carbocycles. The van der Waals surface area contributed by atoms with E-state index in [-0.39, 0.29) is 11.8 Å². The maximum atomic E-state index is 12.1. The van der Waals surface area contributed by atoms with Crippen LogP contribution in [-0.2, 0) is 16.0 Å². The summed E-state index contributed by atoms with van der Waals surface area (Å²) in [7, 11) is 0. The van der Waals surface area contributed by atoms with Gasteiger partial charge >= 0.3 is 0 Å². The van der Waals surface area contributed by atoms with Gasteiger partial charge in [0.2, 0.25) is 5.91 Å². The minimum absolute atomic E-state index is 0.00258. The molecule has 1 aliphatic heterocycles. The number of ether oxygens (including phenoxy) is 1. The summed E-state index contributed by atoms with van der Waals surface area (Å²) < 4.78 is 5.52. The van der Waals surface area contributed by atoms with Crippen LogP contribution in [0.5, 0.6) is 5.75 Å². The number of hydrogen-bond acceptors (Lipinski definition) is 3. The van der Waals surface area contributed by atoms with Gasteiger partial charge in [-0.05, 0) is 56.7 Å². The monoisotopic (exact) mass is 328 g/mol. The van der Waals surface area contributed by atoms with E-state index in [1.54, 1.807) is 13.0 Å². The average molecular weight is 328 g/mol. The number of allylic oxidation sites excluding steroid dienone is 1. The first kappa shape index (κ1) is 16.6. The van der Waals surface area contributed by atoms with E-state index in [9.17, 15) is 9.59 Å². The second kappa shape index (κ2) is 7.51. The first-order valence-corrected chi connectivity index (χ1v) is 8.67. The molecule has 5 nitrogen and oxygen atoms in total. The molecule has 5 heteroatoms. The third kappa shape index (κ3) is 4.16. The summed E-state index contributed by atoms with van der Waals surface area (Å²) in [5, 5.41) is 5.78. The molecular formula is C19H24N2O3. The van der Waals surface area contributed by atoms with Gasteiger partial charge < -0.3 is 15.4 Å². The van der Waals surface area contributed by atoms with Crippen LogP contribution in [0.25, 0.3) is 0 Å². The van der Waals surface area contributed by atoms with Crippen LogP contribution >= 0.6 is 0 Å². The fourth-order valence-electron chi connectivity index (χ4n) is 3.11. The first-order chi connectivity index (χ1) is 11.6. The second-order valence-corrected chi connectivity index (χ2v) is 6.46. The van der Waals surface area contributed by atoms with Gasteiger partial charge in [-0.15, -0.1) is 0 Å². The topological polar surface area (TPSA) is 67.4 Å². The van der Waals surface area contributed by atoms with Crippen molar-refractivity contribution in [3.05, 3.63) is 35.4 Å². The first-order valence-electron chi connectivity index (χ1n) is 8.67. The molecule has 0 saturated carbocycles. The molecule has 2 amide bonds. The molecule has 1 aromatic carbocycles. The van der Waals surface area contributed by atoms with Crippen molar-refractivity contribution >= 4 is 17.5 Å². The van der Waals surface area contributed by atoms with E-state index in [2.05, 4.69) is 16.7 Å². The Morgan fingerprint density at radius 1 is 1.38 bits per heavy atom. The van der Waals surface area contributed by atoms with Crippen molar-refractivity contribution in [3.8, 4) is 5.75 Å². The fraction of sp³-hybridized carbons (Fsp3) is 0.474. The van der Waals surface area contributed by atoms with Gasteiger partial charge in [-0.25, -0.2) is 0 Å². The molecule has 0 fully saturated rings. The summed E-state index contributed by atoms with van der Waals surface area (Å²) in [6.07, 6.45) is 7.96. The number of carbonyl (C=O) groups is 2. The predicted molar refractivity (Wildman–Crippen MR) is 93.0 cm³/mol. The minimum Gasteiger partial charge on any atom is -0.479 e. The number of nitrogens with one attached hydrogen (secondary N) is 2. The van der Waals surface area contributed by atoms with E-state index in [0.717, 1.165) is 12.0 Å². The van der Waals surface area contributed by atoms with Crippen molar-refractivity contribution in [1.29, 1.82) is 0 Å². The third-order valence-corrected chi connectivity index (χ3v) is 4.49. The zero-order chi connectivity index (χ0) is 16.9. The minimum atomic E-state index is -0.485. The lowest BCUT2D eigenvalue weighted by Gasteiger charge is -2.23. The van der Waals surface area contributed by atoms with E-state index < -0.39 is 6.10 Å². The summed E-state index contributed by atoms with van der Waals surface area (Å²) in [6.45, 7) is 2.40. The van der Waals surface area contributed by atoms with Crippen LogP contribution in [0, 0.1) is 0 Å². The zero-order valence-electron chi connectivity index (χ0n) is 14.1. The highest BCUT2D eigenvalue weighted by molar-refractivity contribution is 5.97. The quantitative estimate of drug-likeness (QED) is 0.817. The summed E-state index contributed by atoms with van der Waals surface area (Å²) in [5.74, 6) is 0.489. The lowest BCUT2D eigenvalue weighted by molar-refractivity contribution is -0.122. The Balaban J connectivity index is 1.50. The summed E-state index contributed by atoms with van der Waals surface area (Å²) in [6, 6.07) is 5.48. The van der Waals surface area contributed by atoms with E-state index in [1.165, 1.54) is 31.3 Å². The largest absolute Gasteiger partial charge is 0.479 e. The fourth-order valence-corrected chi connectivity index (χ4v) is 3.11. The number of benzene rings is 1. The Bertz CT molecular complexity index is 667. The Kier molecular flexibility index (Phi) is 5.18. The number of rotatable bonds is 5. The van der Waals surface area contributed by atoms with Gasteiger partial charge in [0.25, 0.3) is 5.91 Å². The standard InChI is InChI=1S/C19H24N2O3/c1-13-19(23)21-16-11-15(7-8-17(16)24-13)12-18(22)20-10-9-14-5-3-2-4-6-14/h5,7-8,11,13H,2-4,6,9-10,12H2,1H3,(H,20,22)(H,21,23). The number of fused-ring (bicyclic) bond motifs is 1. The lowest BCUT2D eigenvalue weighted by Crippen LogP contribution is -2.34. The van der Waals surface area contributed by atoms with Crippen molar-refractivity contribution in [1.82, 2.24) is 5.32 Å². The number of carbonyl (C=O) groups excluding carboxylic acids is 2. The van der Waals surface area contributed by atoms with Crippen molar-refractivity contribution in [2.75, 3.05) is 11.9 Å².